The molecule has 0 aromatic heterocycles. The maximum Gasteiger partial charge on any atom is 0.264 e. The molecule has 8 heteroatoms. The first-order valence-electron chi connectivity index (χ1n) is 8.38. The summed E-state index contributed by atoms with van der Waals surface area (Å²) >= 11 is 0. The van der Waals surface area contributed by atoms with Crippen LogP contribution >= 0.6 is 0 Å². The third-order valence-corrected chi connectivity index (χ3v) is 5.51. The van der Waals surface area contributed by atoms with Crippen molar-refractivity contribution >= 4 is 21.6 Å². The normalized spacial score (nSPS) is 11.1. The maximum absolute atomic E-state index is 13.2. The van der Waals surface area contributed by atoms with Crippen molar-refractivity contribution < 1.29 is 22.7 Å². The highest BCUT2D eigenvalue weighted by Crippen LogP contribution is 2.33. The van der Waals surface area contributed by atoms with Crippen LogP contribution in [-0.2, 0) is 14.8 Å². The number of hydrogen-bond donors (Lipinski definition) is 1. The van der Waals surface area contributed by atoms with E-state index in [1.807, 2.05) is 13.8 Å². The van der Waals surface area contributed by atoms with Gasteiger partial charge in [-0.2, -0.15) is 0 Å². The Morgan fingerprint density at radius 1 is 1.04 bits per heavy atom. The van der Waals surface area contributed by atoms with E-state index in [9.17, 15) is 13.2 Å². The van der Waals surface area contributed by atoms with Crippen molar-refractivity contribution in [1.82, 2.24) is 5.32 Å². The van der Waals surface area contributed by atoms with Crippen LogP contribution in [0.25, 0.3) is 0 Å². The SMILES string of the molecule is COc1ccc(N(CC(=O)NC(C)C)S(=O)(=O)c2ccccc2)cc1OC. The molecule has 0 aliphatic carbocycles. The number of benzene rings is 2. The molecule has 0 heterocycles. The number of carbonyl (C=O) groups is 1. The van der Waals surface area contributed by atoms with Gasteiger partial charge in [0.25, 0.3) is 10.0 Å². The lowest BCUT2D eigenvalue weighted by Gasteiger charge is -2.25. The number of carbonyl (C=O) groups excluding carboxylic acids is 1. The summed E-state index contributed by atoms with van der Waals surface area (Å²) in [5, 5.41) is 2.72. The predicted octanol–water partition coefficient (Wildman–Crippen LogP) is 2.42. The highest BCUT2D eigenvalue weighted by atomic mass is 32.2. The Hall–Kier alpha value is -2.74. The zero-order valence-corrected chi connectivity index (χ0v) is 16.6. The van der Waals surface area contributed by atoms with Crippen molar-refractivity contribution in [2.45, 2.75) is 24.8 Å². The minimum atomic E-state index is -3.95. The number of ether oxygens (including phenoxy) is 2. The van der Waals surface area contributed by atoms with E-state index in [-0.39, 0.29) is 17.5 Å². The van der Waals surface area contributed by atoms with E-state index in [2.05, 4.69) is 5.32 Å². The van der Waals surface area contributed by atoms with Crippen LogP contribution in [0, 0.1) is 0 Å². The molecule has 0 aliphatic heterocycles. The van der Waals surface area contributed by atoms with Crippen molar-refractivity contribution in [3.05, 3.63) is 48.5 Å². The lowest BCUT2D eigenvalue weighted by molar-refractivity contribution is -0.120. The van der Waals surface area contributed by atoms with Crippen LogP contribution in [0.5, 0.6) is 11.5 Å². The van der Waals surface area contributed by atoms with Crippen LogP contribution in [-0.4, -0.2) is 41.1 Å². The Labute approximate surface area is 160 Å². The molecule has 0 fully saturated rings. The van der Waals surface area contributed by atoms with Gasteiger partial charge in [-0.1, -0.05) is 18.2 Å². The van der Waals surface area contributed by atoms with E-state index in [0.29, 0.717) is 17.2 Å². The zero-order chi connectivity index (χ0) is 20.0. The second-order valence-electron chi connectivity index (χ2n) is 6.09. The molecule has 7 nitrogen and oxygen atoms in total. The minimum Gasteiger partial charge on any atom is -0.493 e. The Bertz CT molecular complexity index is 882. The molecule has 0 radical (unpaired) electrons. The van der Waals surface area contributed by atoms with Crippen LogP contribution in [0.1, 0.15) is 13.8 Å². The van der Waals surface area contributed by atoms with Crippen LogP contribution < -0.4 is 19.1 Å². The van der Waals surface area contributed by atoms with Crippen molar-refractivity contribution in [3.8, 4) is 11.5 Å². The van der Waals surface area contributed by atoms with E-state index in [0.717, 1.165) is 4.31 Å². The molecule has 2 aromatic rings. The van der Waals surface area contributed by atoms with Gasteiger partial charge in [-0.15, -0.1) is 0 Å². The summed E-state index contributed by atoms with van der Waals surface area (Å²) in [6, 6.07) is 12.6. The van der Waals surface area contributed by atoms with Gasteiger partial charge >= 0.3 is 0 Å². The van der Waals surface area contributed by atoms with Crippen LogP contribution in [0.3, 0.4) is 0 Å². The zero-order valence-electron chi connectivity index (χ0n) is 15.8. The second-order valence-corrected chi connectivity index (χ2v) is 7.95. The van der Waals surface area contributed by atoms with Gasteiger partial charge in [-0.05, 0) is 38.1 Å². The van der Waals surface area contributed by atoms with Crippen LogP contribution in [0.4, 0.5) is 5.69 Å². The van der Waals surface area contributed by atoms with E-state index >= 15 is 0 Å². The number of methoxy groups -OCH3 is 2. The van der Waals surface area contributed by atoms with Gasteiger partial charge in [0.2, 0.25) is 5.91 Å². The number of amides is 1. The first kappa shape index (κ1) is 20.6. The number of nitrogens with one attached hydrogen (secondary N) is 1. The molecule has 0 aliphatic rings. The van der Waals surface area contributed by atoms with Crippen molar-refractivity contribution in [2.24, 2.45) is 0 Å². The number of rotatable bonds is 8. The van der Waals surface area contributed by atoms with E-state index in [1.165, 1.54) is 32.4 Å². The average molecular weight is 392 g/mol. The Morgan fingerprint density at radius 3 is 2.22 bits per heavy atom. The summed E-state index contributed by atoms with van der Waals surface area (Å²) in [6.45, 7) is 3.26. The summed E-state index contributed by atoms with van der Waals surface area (Å²) < 4.78 is 37.9. The fourth-order valence-corrected chi connectivity index (χ4v) is 3.95. The number of nitrogens with zero attached hydrogens (tertiary/aromatic N) is 1. The van der Waals surface area contributed by atoms with Gasteiger partial charge in [-0.3, -0.25) is 9.10 Å². The molecular weight excluding hydrogens is 368 g/mol. The highest BCUT2D eigenvalue weighted by Gasteiger charge is 2.28. The smallest absolute Gasteiger partial charge is 0.264 e. The molecule has 0 saturated heterocycles. The molecule has 0 atom stereocenters. The summed E-state index contributed by atoms with van der Waals surface area (Å²) in [7, 11) is -1.000. The van der Waals surface area contributed by atoms with Crippen LogP contribution in [0.15, 0.2) is 53.4 Å². The van der Waals surface area contributed by atoms with Crippen molar-refractivity contribution in [3.63, 3.8) is 0 Å². The predicted molar refractivity (Wildman–Crippen MR) is 104 cm³/mol. The topological polar surface area (TPSA) is 84.9 Å². The van der Waals surface area contributed by atoms with Gasteiger partial charge in [0.1, 0.15) is 6.54 Å². The lowest BCUT2D eigenvalue weighted by Crippen LogP contribution is -2.42. The minimum absolute atomic E-state index is 0.0946. The Morgan fingerprint density at radius 2 is 1.67 bits per heavy atom. The largest absolute Gasteiger partial charge is 0.493 e. The summed E-state index contributed by atoms with van der Waals surface area (Å²) in [5.41, 5.74) is 0.301. The standard InChI is InChI=1S/C19H24N2O5S/c1-14(2)20-19(22)13-21(27(23,24)16-8-6-5-7-9-16)15-10-11-17(25-3)18(12-15)26-4/h5-12,14H,13H2,1-4H3,(H,20,22). The molecule has 0 bridgehead atoms. The Kier molecular flexibility index (Phi) is 6.68. The fourth-order valence-electron chi connectivity index (χ4n) is 2.51. The maximum atomic E-state index is 13.2. The number of sulfonamides is 1. The first-order chi connectivity index (χ1) is 12.8. The number of hydrogen-bond acceptors (Lipinski definition) is 5. The summed E-state index contributed by atoms with van der Waals surface area (Å²) in [5.74, 6) is 0.428. The fraction of sp³-hybridized carbons (Fsp3) is 0.316. The van der Waals surface area contributed by atoms with Gasteiger partial charge in [0.05, 0.1) is 24.8 Å². The van der Waals surface area contributed by atoms with Crippen molar-refractivity contribution in [2.75, 3.05) is 25.1 Å². The lowest BCUT2D eigenvalue weighted by atomic mass is 10.2. The van der Waals surface area contributed by atoms with Crippen LogP contribution in [0.2, 0.25) is 0 Å². The van der Waals surface area contributed by atoms with Crippen molar-refractivity contribution in [1.29, 1.82) is 0 Å². The first-order valence-corrected chi connectivity index (χ1v) is 9.82. The third-order valence-electron chi connectivity index (χ3n) is 3.72. The molecule has 1 amide bonds. The van der Waals surface area contributed by atoms with E-state index < -0.39 is 15.9 Å². The number of anilines is 1. The highest BCUT2D eigenvalue weighted by molar-refractivity contribution is 7.92. The molecule has 2 aromatic carbocycles. The molecule has 2 rings (SSSR count). The van der Waals surface area contributed by atoms with Gasteiger partial charge < -0.3 is 14.8 Å². The van der Waals surface area contributed by atoms with Gasteiger partial charge in [0.15, 0.2) is 11.5 Å². The monoisotopic (exact) mass is 392 g/mol. The molecule has 1 N–H and O–H groups in total. The third kappa shape index (κ3) is 4.91. The Balaban J connectivity index is 2.52. The van der Waals surface area contributed by atoms with Gasteiger partial charge in [0, 0.05) is 12.1 Å². The molecule has 0 unspecified atom stereocenters. The summed E-state index contributed by atoms with van der Waals surface area (Å²) in [6.07, 6.45) is 0. The summed E-state index contributed by atoms with van der Waals surface area (Å²) in [4.78, 5) is 12.4. The van der Waals surface area contributed by atoms with E-state index in [1.54, 1.807) is 30.3 Å². The van der Waals surface area contributed by atoms with E-state index in [4.69, 9.17) is 9.47 Å². The molecule has 27 heavy (non-hydrogen) atoms. The molecular formula is C19H24N2O5S. The average Bonchev–Trinajstić information content (AvgIpc) is 2.65. The molecule has 0 saturated carbocycles. The molecule has 146 valence electrons. The second kappa shape index (κ2) is 8.77. The van der Waals surface area contributed by atoms with Gasteiger partial charge in [-0.25, -0.2) is 8.42 Å². The quantitative estimate of drug-likeness (QED) is 0.746. The molecule has 0 spiro atoms.